The largest absolute Gasteiger partial charge is 0.395 e. The van der Waals surface area contributed by atoms with Gasteiger partial charge >= 0.3 is 0 Å². The van der Waals surface area contributed by atoms with E-state index in [9.17, 15) is 0 Å². The Labute approximate surface area is 110 Å². The Morgan fingerprint density at radius 1 is 1.44 bits per heavy atom. The number of hydrogen-bond donors (Lipinski definition) is 1. The fourth-order valence-corrected chi connectivity index (χ4v) is 2.43. The average molecular weight is 335 g/mol. The first-order chi connectivity index (χ1) is 7.74. The van der Waals surface area contributed by atoms with E-state index in [1.165, 1.54) is 0 Å². The molecule has 0 aliphatic rings. The predicted octanol–water partition coefficient (Wildman–Crippen LogP) is 2.07. The molecule has 90 valence electrons. The number of halogens is 1. The van der Waals surface area contributed by atoms with Crippen molar-refractivity contribution in [1.82, 2.24) is 9.97 Å². The van der Waals surface area contributed by atoms with E-state index in [4.69, 9.17) is 5.11 Å². The molecule has 0 unspecified atom stereocenters. The maximum absolute atomic E-state index is 9.14. The van der Waals surface area contributed by atoms with Crippen molar-refractivity contribution in [2.24, 2.45) is 0 Å². The van der Waals surface area contributed by atoms with E-state index in [0.717, 1.165) is 22.2 Å². The van der Waals surface area contributed by atoms with Gasteiger partial charge in [0.25, 0.3) is 0 Å². The van der Waals surface area contributed by atoms with E-state index in [-0.39, 0.29) is 6.61 Å². The summed E-state index contributed by atoms with van der Waals surface area (Å²) < 4.78 is 1.03. The topological polar surface area (TPSA) is 49.2 Å². The van der Waals surface area contributed by atoms with Gasteiger partial charge in [-0.2, -0.15) is 0 Å². The molecule has 1 rings (SSSR count). The van der Waals surface area contributed by atoms with Crippen molar-refractivity contribution in [3.8, 4) is 0 Å². The molecule has 0 aromatic carbocycles. The number of aliphatic hydroxyl groups is 1. The van der Waals surface area contributed by atoms with Gasteiger partial charge in [0.05, 0.1) is 10.2 Å². The van der Waals surface area contributed by atoms with Gasteiger partial charge in [0.15, 0.2) is 0 Å². The Balaban J connectivity index is 2.97. The lowest BCUT2D eigenvalue weighted by Crippen LogP contribution is -2.38. The van der Waals surface area contributed by atoms with Gasteiger partial charge in [0, 0.05) is 18.8 Å². The van der Waals surface area contributed by atoms with E-state index in [1.807, 2.05) is 0 Å². The highest BCUT2D eigenvalue weighted by Crippen LogP contribution is 2.22. The van der Waals surface area contributed by atoms with Crippen molar-refractivity contribution in [3.05, 3.63) is 16.1 Å². The Kier molecular flexibility index (Phi) is 5.97. The van der Waals surface area contributed by atoms with Crippen LogP contribution in [0.5, 0.6) is 0 Å². The van der Waals surface area contributed by atoms with Crippen molar-refractivity contribution < 1.29 is 5.11 Å². The molecule has 4 nitrogen and oxygen atoms in total. The summed E-state index contributed by atoms with van der Waals surface area (Å²) in [5.41, 5.74) is 0. The molecule has 0 aliphatic heterocycles. The molecule has 16 heavy (non-hydrogen) atoms. The van der Waals surface area contributed by atoms with Crippen LogP contribution in [0, 0.1) is 3.57 Å². The lowest BCUT2D eigenvalue weighted by atomic mass is 10.1. The highest BCUT2D eigenvalue weighted by atomic mass is 127. The molecule has 0 radical (unpaired) electrons. The Morgan fingerprint density at radius 2 is 2.12 bits per heavy atom. The summed E-state index contributed by atoms with van der Waals surface area (Å²) in [4.78, 5) is 10.5. The summed E-state index contributed by atoms with van der Waals surface area (Å²) in [6.45, 7) is 5.09. The normalized spacial score (nSPS) is 10.8. The lowest BCUT2D eigenvalue weighted by molar-refractivity contribution is 0.295. The number of aromatic nitrogens is 2. The third-order valence-corrected chi connectivity index (χ3v) is 3.41. The monoisotopic (exact) mass is 335 g/mol. The lowest BCUT2D eigenvalue weighted by Gasteiger charge is -2.31. The van der Waals surface area contributed by atoms with E-state index in [2.05, 4.69) is 51.3 Å². The minimum absolute atomic E-state index is 0.149. The maximum atomic E-state index is 9.14. The van der Waals surface area contributed by atoms with Crippen LogP contribution in [0.25, 0.3) is 0 Å². The van der Waals surface area contributed by atoms with E-state index in [0.29, 0.717) is 12.6 Å². The highest BCUT2D eigenvalue weighted by Gasteiger charge is 2.18. The van der Waals surface area contributed by atoms with Gasteiger partial charge in [-0.25, -0.2) is 9.97 Å². The van der Waals surface area contributed by atoms with Crippen LogP contribution >= 0.6 is 22.6 Å². The Bertz CT molecular complexity index is 318. The molecular weight excluding hydrogens is 317 g/mol. The van der Waals surface area contributed by atoms with Crippen LogP contribution in [0.4, 0.5) is 5.82 Å². The van der Waals surface area contributed by atoms with Crippen LogP contribution < -0.4 is 4.90 Å². The standard InChI is InChI=1S/C11H18IN3O/c1-3-9(4-2)15(5-6-16)11-10(12)7-13-8-14-11/h7-9,16H,3-6H2,1-2H3. The van der Waals surface area contributed by atoms with Gasteiger partial charge in [-0.3, -0.25) is 0 Å². The van der Waals surface area contributed by atoms with Crippen molar-refractivity contribution in [2.45, 2.75) is 32.7 Å². The molecule has 0 bridgehead atoms. The van der Waals surface area contributed by atoms with Crippen LogP contribution in [0.15, 0.2) is 12.5 Å². The summed E-state index contributed by atoms with van der Waals surface area (Å²) >= 11 is 2.23. The molecule has 5 heteroatoms. The van der Waals surface area contributed by atoms with Gasteiger partial charge in [0.2, 0.25) is 0 Å². The minimum atomic E-state index is 0.149. The zero-order valence-electron chi connectivity index (χ0n) is 9.73. The SMILES string of the molecule is CCC(CC)N(CCO)c1ncncc1I. The van der Waals surface area contributed by atoms with Gasteiger partial charge < -0.3 is 10.0 Å². The molecule has 0 saturated carbocycles. The second-order valence-corrected chi connectivity index (χ2v) is 4.74. The van der Waals surface area contributed by atoms with Gasteiger partial charge in [-0.15, -0.1) is 0 Å². The second kappa shape index (κ2) is 7.01. The second-order valence-electron chi connectivity index (χ2n) is 3.58. The van der Waals surface area contributed by atoms with Crippen LogP contribution in [0.2, 0.25) is 0 Å². The van der Waals surface area contributed by atoms with Crippen molar-refractivity contribution in [2.75, 3.05) is 18.1 Å². The summed E-state index contributed by atoms with van der Waals surface area (Å²) in [5, 5.41) is 9.14. The Hall–Kier alpha value is -0.430. The van der Waals surface area contributed by atoms with E-state index < -0.39 is 0 Å². The number of hydrogen-bond acceptors (Lipinski definition) is 4. The zero-order valence-corrected chi connectivity index (χ0v) is 11.9. The molecule has 0 fully saturated rings. The average Bonchev–Trinajstić information content (AvgIpc) is 2.30. The van der Waals surface area contributed by atoms with E-state index in [1.54, 1.807) is 12.5 Å². The summed E-state index contributed by atoms with van der Waals surface area (Å²) in [7, 11) is 0. The molecule has 1 aromatic rings. The minimum Gasteiger partial charge on any atom is -0.395 e. The number of nitrogens with zero attached hydrogens (tertiary/aromatic N) is 3. The third kappa shape index (κ3) is 3.28. The van der Waals surface area contributed by atoms with E-state index >= 15 is 0 Å². The van der Waals surface area contributed by atoms with Crippen LogP contribution in [0.3, 0.4) is 0 Å². The summed E-state index contributed by atoms with van der Waals surface area (Å²) in [6, 6.07) is 0.426. The molecule has 0 saturated heterocycles. The fourth-order valence-electron chi connectivity index (χ4n) is 1.82. The molecular formula is C11H18IN3O. The number of anilines is 1. The molecule has 1 N–H and O–H groups in total. The zero-order chi connectivity index (χ0) is 12.0. The predicted molar refractivity (Wildman–Crippen MR) is 73.6 cm³/mol. The fraction of sp³-hybridized carbons (Fsp3) is 0.636. The summed E-state index contributed by atoms with van der Waals surface area (Å²) in [5.74, 6) is 0.929. The number of rotatable bonds is 6. The molecule has 0 spiro atoms. The highest BCUT2D eigenvalue weighted by molar-refractivity contribution is 14.1. The first-order valence-corrected chi connectivity index (χ1v) is 6.65. The Morgan fingerprint density at radius 3 is 2.62 bits per heavy atom. The van der Waals surface area contributed by atoms with Gasteiger partial charge in [0.1, 0.15) is 12.1 Å². The quantitative estimate of drug-likeness (QED) is 0.809. The molecule has 1 aromatic heterocycles. The molecule has 1 heterocycles. The molecule has 0 atom stereocenters. The third-order valence-electron chi connectivity index (χ3n) is 2.64. The van der Waals surface area contributed by atoms with Crippen LogP contribution in [-0.2, 0) is 0 Å². The van der Waals surface area contributed by atoms with Gasteiger partial charge in [-0.1, -0.05) is 13.8 Å². The maximum Gasteiger partial charge on any atom is 0.145 e. The first kappa shape index (κ1) is 13.6. The number of aliphatic hydroxyl groups excluding tert-OH is 1. The smallest absolute Gasteiger partial charge is 0.145 e. The first-order valence-electron chi connectivity index (χ1n) is 5.57. The molecule has 0 aliphatic carbocycles. The summed E-state index contributed by atoms with van der Waals surface area (Å²) in [6.07, 6.45) is 5.47. The van der Waals surface area contributed by atoms with Crippen molar-refractivity contribution in [3.63, 3.8) is 0 Å². The van der Waals surface area contributed by atoms with Crippen molar-refractivity contribution in [1.29, 1.82) is 0 Å². The van der Waals surface area contributed by atoms with Crippen molar-refractivity contribution >= 4 is 28.4 Å². The van der Waals surface area contributed by atoms with Crippen LogP contribution in [0.1, 0.15) is 26.7 Å². The van der Waals surface area contributed by atoms with Gasteiger partial charge in [-0.05, 0) is 35.4 Å². The van der Waals surface area contributed by atoms with Crippen LogP contribution in [-0.4, -0.2) is 34.3 Å². The molecule has 0 amide bonds.